The summed E-state index contributed by atoms with van der Waals surface area (Å²) in [5, 5.41) is 12.3. The zero-order valence-corrected chi connectivity index (χ0v) is 49.3. The van der Waals surface area contributed by atoms with Gasteiger partial charge in [0.15, 0.2) is 0 Å². The number of phenolic OH excluding ortho intramolecular Hbond substituents is 1. The Morgan fingerprint density at radius 1 is 0.519 bits per heavy atom. The lowest BCUT2D eigenvalue weighted by atomic mass is 9.98. The van der Waals surface area contributed by atoms with Gasteiger partial charge < -0.3 is 9.84 Å². The molecule has 0 amide bonds. The number of benzene rings is 6. The van der Waals surface area contributed by atoms with Crippen LogP contribution in [-0.2, 0) is 14.3 Å². The van der Waals surface area contributed by atoms with Crippen LogP contribution in [0, 0.1) is 23.3 Å². The van der Waals surface area contributed by atoms with Crippen LogP contribution >= 0.6 is 46.4 Å². The van der Waals surface area contributed by atoms with E-state index in [9.17, 15) is 36.3 Å². The van der Waals surface area contributed by atoms with E-state index in [4.69, 9.17) is 55.3 Å². The predicted octanol–water partition coefficient (Wildman–Crippen LogP) is 15.1. The second-order valence-corrected chi connectivity index (χ2v) is 25.1. The van der Waals surface area contributed by atoms with Crippen LogP contribution < -0.4 is 15.9 Å². The van der Waals surface area contributed by atoms with Crippen molar-refractivity contribution in [2.24, 2.45) is 0 Å². The number of phenols is 1. The van der Waals surface area contributed by atoms with E-state index in [2.05, 4.69) is 51.3 Å². The molecule has 2 aromatic heterocycles. The standard InChI is InChI=1S/C30H28Cl2F2N2O2.C21H11Cl2F2NO2.C10H21NO3S/c1-30(2,3)35-13-11-19(12-14-35)38-20-16-23(21-8-7-18(33)15-26(21)34)22-9-10-28(37)36(27(22)17-20)29-24(31)5-4-6-25(29)32;22-16-2-1-3-17(23)21(16)26-19-10-12(27)9-15(14(19)6-7-20(26)28)13-5-4-11(24)8-18(13)25;1-10(2,3)11-7-5-9(6-8-11)14-15(4,12)13/h4-10,15-17,19H,11-14H2,1-3H3;1-10,27H;9H,5-8H2,1-4H3. The number of fused-ring (bicyclic) bond motifs is 2. The Morgan fingerprint density at radius 2 is 0.914 bits per heavy atom. The first-order valence-electron chi connectivity index (χ1n) is 26.0. The molecule has 2 aliphatic rings. The molecular weight excluding hydrogens is 1150 g/mol. The summed E-state index contributed by atoms with van der Waals surface area (Å²) in [5.74, 6) is -2.61. The molecule has 20 heteroatoms. The number of pyridine rings is 2. The average Bonchev–Trinajstić information content (AvgIpc) is 3.43. The summed E-state index contributed by atoms with van der Waals surface area (Å²) in [6, 6.07) is 28.4. The average molecular weight is 1210 g/mol. The van der Waals surface area contributed by atoms with Crippen molar-refractivity contribution in [1.82, 2.24) is 18.9 Å². The number of halogens is 8. The molecule has 428 valence electrons. The molecule has 2 saturated heterocycles. The molecule has 0 saturated carbocycles. The number of piperidine rings is 2. The number of ether oxygens (including phenoxy) is 1. The van der Waals surface area contributed by atoms with Crippen molar-refractivity contribution >= 4 is 78.3 Å². The van der Waals surface area contributed by atoms with E-state index in [1.807, 2.05) is 0 Å². The predicted molar refractivity (Wildman–Crippen MR) is 317 cm³/mol. The quantitative estimate of drug-likeness (QED) is 0.117. The first kappa shape index (κ1) is 61.1. The van der Waals surface area contributed by atoms with Gasteiger partial charge in [0.25, 0.3) is 21.2 Å². The van der Waals surface area contributed by atoms with Gasteiger partial charge in [0.2, 0.25) is 0 Å². The molecule has 0 atom stereocenters. The number of hydrogen-bond donors (Lipinski definition) is 1. The van der Waals surface area contributed by atoms with E-state index in [0.29, 0.717) is 48.9 Å². The summed E-state index contributed by atoms with van der Waals surface area (Å²) < 4.78 is 92.5. The third kappa shape index (κ3) is 14.5. The van der Waals surface area contributed by atoms with Crippen LogP contribution in [-0.4, -0.2) is 88.2 Å². The van der Waals surface area contributed by atoms with E-state index in [1.54, 1.807) is 54.6 Å². The van der Waals surface area contributed by atoms with Gasteiger partial charge in [-0.05, 0) is 151 Å². The third-order valence-electron chi connectivity index (χ3n) is 14.1. The molecule has 8 aromatic rings. The summed E-state index contributed by atoms with van der Waals surface area (Å²) in [5.41, 5.74) is 1.80. The Balaban J connectivity index is 0.000000175. The maximum absolute atomic E-state index is 15.0. The maximum atomic E-state index is 15.0. The minimum atomic E-state index is -3.30. The Morgan fingerprint density at radius 3 is 1.31 bits per heavy atom. The van der Waals surface area contributed by atoms with Gasteiger partial charge in [-0.1, -0.05) is 58.5 Å². The van der Waals surface area contributed by atoms with E-state index in [0.717, 1.165) is 76.3 Å². The fraction of sp³-hybridized carbons (Fsp3) is 0.311. The Labute approximate surface area is 487 Å². The van der Waals surface area contributed by atoms with Gasteiger partial charge >= 0.3 is 0 Å². The molecule has 2 aliphatic heterocycles. The summed E-state index contributed by atoms with van der Waals surface area (Å²) in [4.78, 5) is 30.6. The van der Waals surface area contributed by atoms with Crippen LogP contribution in [0.3, 0.4) is 0 Å². The molecule has 1 N–H and O–H groups in total. The Hall–Kier alpha value is -5.95. The van der Waals surface area contributed by atoms with Gasteiger partial charge in [-0.15, -0.1) is 0 Å². The zero-order chi connectivity index (χ0) is 58.9. The lowest BCUT2D eigenvalue weighted by molar-refractivity contribution is 0.0492. The molecule has 0 spiro atoms. The molecule has 11 nitrogen and oxygen atoms in total. The van der Waals surface area contributed by atoms with Crippen molar-refractivity contribution in [2.45, 2.75) is 90.5 Å². The molecule has 0 bridgehead atoms. The lowest BCUT2D eigenvalue weighted by Crippen LogP contribution is -2.48. The summed E-state index contributed by atoms with van der Waals surface area (Å²) in [6.45, 7) is 16.7. The Bertz CT molecular complexity index is 3850. The van der Waals surface area contributed by atoms with Crippen molar-refractivity contribution in [3.05, 3.63) is 185 Å². The first-order chi connectivity index (χ1) is 38.1. The monoisotopic (exact) mass is 1210 g/mol. The summed E-state index contributed by atoms with van der Waals surface area (Å²) in [6.07, 6.45) is 4.18. The molecule has 0 aliphatic carbocycles. The molecule has 2 fully saturated rings. The van der Waals surface area contributed by atoms with Crippen molar-refractivity contribution in [2.75, 3.05) is 32.4 Å². The summed E-state index contributed by atoms with van der Waals surface area (Å²) >= 11 is 25.5. The largest absolute Gasteiger partial charge is 0.508 e. The van der Waals surface area contributed by atoms with Crippen LogP contribution in [0.15, 0.2) is 131 Å². The molecule has 81 heavy (non-hydrogen) atoms. The highest BCUT2D eigenvalue weighted by Crippen LogP contribution is 2.40. The first-order valence-corrected chi connectivity index (χ1v) is 29.3. The maximum Gasteiger partial charge on any atom is 0.264 e. The second kappa shape index (κ2) is 24.9. The minimum absolute atomic E-state index is 0.0512. The molecule has 6 aromatic carbocycles. The number of likely N-dealkylation sites (tertiary alicyclic amines) is 2. The van der Waals surface area contributed by atoms with Gasteiger partial charge in [-0.25, -0.2) is 17.6 Å². The SMILES string of the molecule is CC(C)(C)N1CCC(OS(C)(=O)=O)CC1.CC(C)(C)N1CCC(Oc2cc(-c3ccc(F)cc3F)c3ccc(=O)n(-c4c(Cl)cccc4Cl)c3c2)CC1.O=c1ccc2c(-c3ccc(F)cc3F)cc(O)cc2n1-c1c(Cl)cccc1Cl. The number of hydrogen-bond acceptors (Lipinski definition) is 9. The van der Waals surface area contributed by atoms with Crippen LogP contribution in [0.2, 0.25) is 20.1 Å². The van der Waals surface area contributed by atoms with Crippen LogP contribution in [0.1, 0.15) is 67.2 Å². The Kier molecular flexibility index (Phi) is 18.8. The molecule has 4 heterocycles. The highest BCUT2D eigenvalue weighted by Gasteiger charge is 2.30. The van der Waals surface area contributed by atoms with Crippen LogP contribution in [0.4, 0.5) is 17.6 Å². The van der Waals surface area contributed by atoms with Gasteiger partial charge in [-0.3, -0.25) is 32.7 Å². The van der Waals surface area contributed by atoms with Crippen molar-refractivity contribution in [1.29, 1.82) is 0 Å². The highest BCUT2D eigenvalue weighted by molar-refractivity contribution is 7.86. The van der Waals surface area contributed by atoms with E-state index in [-0.39, 0.29) is 67.0 Å². The zero-order valence-electron chi connectivity index (χ0n) is 45.5. The fourth-order valence-corrected chi connectivity index (χ4v) is 12.0. The van der Waals surface area contributed by atoms with Crippen molar-refractivity contribution in [3.63, 3.8) is 0 Å². The second-order valence-electron chi connectivity index (χ2n) is 21.9. The molecule has 0 radical (unpaired) electrons. The van der Waals surface area contributed by atoms with Gasteiger partial charge in [0.1, 0.15) is 40.9 Å². The number of aromatic hydroxyl groups is 1. The molecular formula is C61H60Cl4F4N4O7S. The van der Waals surface area contributed by atoms with Gasteiger partial charge in [-0.2, -0.15) is 8.42 Å². The van der Waals surface area contributed by atoms with Crippen LogP contribution in [0.25, 0.3) is 55.4 Å². The lowest BCUT2D eigenvalue weighted by Gasteiger charge is -2.40. The topological polar surface area (TPSA) is 123 Å². The highest BCUT2D eigenvalue weighted by atomic mass is 35.5. The van der Waals surface area contributed by atoms with Gasteiger partial charge in [0, 0.05) is 95.6 Å². The van der Waals surface area contributed by atoms with Gasteiger partial charge in [0.05, 0.1) is 54.9 Å². The fourth-order valence-electron chi connectivity index (χ4n) is 10.2. The smallest absolute Gasteiger partial charge is 0.264 e. The number of aromatic nitrogens is 2. The third-order valence-corrected chi connectivity index (χ3v) is 16.0. The number of rotatable bonds is 8. The van der Waals surface area contributed by atoms with E-state index < -0.39 is 38.9 Å². The molecule has 10 rings (SSSR count). The number of nitrogens with zero attached hydrogens (tertiary/aromatic N) is 4. The van der Waals surface area contributed by atoms with Crippen molar-refractivity contribution < 1.29 is 40.0 Å². The van der Waals surface area contributed by atoms with E-state index >= 15 is 4.39 Å². The number of para-hydroxylation sites is 2. The normalized spacial score (nSPS) is 15.0. The van der Waals surface area contributed by atoms with E-state index in [1.165, 1.54) is 57.7 Å². The van der Waals surface area contributed by atoms with Crippen molar-refractivity contribution in [3.8, 4) is 45.1 Å². The molecule has 0 unspecified atom stereocenters. The minimum Gasteiger partial charge on any atom is -0.508 e. The summed E-state index contributed by atoms with van der Waals surface area (Å²) in [7, 11) is -3.30. The van der Waals surface area contributed by atoms with Crippen LogP contribution in [0.5, 0.6) is 11.5 Å².